The normalized spacial score (nSPS) is 17.1. The molecule has 0 amide bonds. The first-order valence-electron chi connectivity index (χ1n) is 4.78. The van der Waals surface area contributed by atoms with E-state index in [1.54, 1.807) is 6.20 Å². The van der Waals surface area contributed by atoms with Crippen molar-refractivity contribution in [3.8, 4) is 0 Å². The van der Waals surface area contributed by atoms with Crippen LogP contribution in [0.1, 0.15) is 11.5 Å². The number of ether oxygens (including phenoxy) is 1. The van der Waals surface area contributed by atoms with Gasteiger partial charge < -0.3 is 20.1 Å². The van der Waals surface area contributed by atoms with Crippen LogP contribution >= 0.6 is 0 Å². The smallest absolute Gasteiger partial charge is 0.320 e. The second-order valence-corrected chi connectivity index (χ2v) is 3.52. The van der Waals surface area contributed by atoms with Gasteiger partial charge in [0.1, 0.15) is 18.5 Å². The van der Waals surface area contributed by atoms with E-state index >= 15 is 0 Å². The van der Waals surface area contributed by atoms with E-state index in [4.69, 9.17) is 15.6 Å². The number of nitrogens with zero attached hydrogens (tertiary/aromatic N) is 2. The Balaban J connectivity index is 2.15. The van der Waals surface area contributed by atoms with Crippen LogP contribution in [0.25, 0.3) is 0 Å². The number of hydrogen-bond acceptors (Lipinski definition) is 4. The monoisotopic (exact) mass is 211 g/mol. The SMILES string of the molecule is NC(Cc1cnc2n1CCOC2)C(=O)O. The number of aromatic nitrogens is 2. The van der Waals surface area contributed by atoms with Gasteiger partial charge in [0.25, 0.3) is 0 Å². The Morgan fingerprint density at radius 1 is 1.80 bits per heavy atom. The van der Waals surface area contributed by atoms with Crippen molar-refractivity contribution in [1.82, 2.24) is 9.55 Å². The topological polar surface area (TPSA) is 90.4 Å². The van der Waals surface area contributed by atoms with E-state index in [1.165, 1.54) is 0 Å². The molecule has 6 heteroatoms. The quantitative estimate of drug-likeness (QED) is 0.694. The maximum Gasteiger partial charge on any atom is 0.320 e. The van der Waals surface area contributed by atoms with Crippen molar-refractivity contribution in [1.29, 1.82) is 0 Å². The van der Waals surface area contributed by atoms with Crippen molar-refractivity contribution in [2.45, 2.75) is 25.6 Å². The van der Waals surface area contributed by atoms with Crippen molar-refractivity contribution in [2.75, 3.05) is 6.61 Å². The Bertz CT molecular complexity index is 375. The lowest BCUT2D eigenvalue weighted by molar-refractivity contribution is -0.138. The molecule has 0 bridgehead atoms. The number of carbonyl (C=O) groups is 1. The van der Waals surface area contributed by atoms with Crippen molar-refractivity contribution in [2.24, 2.45) is 5.73 Å². The Hall–Kier alpha value is -1.40. The standard InChI is InChI=1S/C9H13N3O3/c10-7(9(13)14)3-6-4-11-8-5-15-2-1-12(6)8/h4,7H,1-3,5,10H2,(H,13,14). The number of carboxylic acids is 1. The van der Waals surface area contributed by atoms with Crippen LogP contribution in [0.3, 0.4) is 0 Å². The van der Waals surface area contributed by atoms with Crippen LogP contribution < -0.4 is 5.73 Å². The van der Waals surface area contributed by atoms with Gasteiger partial charge in [0.15, 0.2) is 0 Å². The van der Waals surface area contributed by atoms with Gasteiger partial charge in [-0.25, -0.2) is 4.98 Å². The first-order chi connectivity index (χ1) is 7.18. The summed E-state index contributed by atoms with van der Waals surface area (Å²) in [7, 11) is 0. The van der Waals surface area contributed by atoms with Gasteiger partial charge in [0.2, 0.25) is 0 Å². The summed E-state index contributed by atoms with van der Waals surface area (Å²) < 4.78 is 7.21. The highest BCUT2D eigenvalue weighted by molar-refractivity contribution is 5.73. The van der Waals surface area contributed by atoms with Crippen LogP contribution in [-0.2, 0) is 29.1 Å². The molecule has 0 saturated carbocycles. The van der Waals surface area contributed by atoms with Crippen molar-refractivity contribution in [3.05, 3.63) is 17.7 Å². The molecule has 0 radical (unpaired) electrons. The Kier molecular flexibility index (Phi) is 2.70. The number of aliphatic carboxylic acids is 1. The molecule has 1 unspecified atom stereocenters. The summed E-state index contributed by atoms with van der Waals surface area (Å²) in [6, 6.07) is -0.867. The molecule has 0 fully saturated rings. The van der Waals surface area contributed by atoms with Gasteiger partial charge in [-0.15, -0.1) is 0 Å². The number of nitrogens with two attached hydrogens (primary N) is 1. The molecule has 3 N–H and O–H groups in total. The minimum Gasteiger partial charge on any atom is -0.480 e. The molecule has 1 aromatic heterocycles. The van der Waals surface area contributed by atoms with Crippen LogP contribution in [0.5, 0.6) is 0 Å². The molecule has 0 aromatic carbocycles. The largest absolute Gasteiger partial charge is 0.480 e. The Labute approximate surface area is 86.7 Å². The average molecular weight is 211 g/mol. The van der Waals surface area contributed by atoms with Gasteiger partial charge in [-0.3, -0.25) is 4.79 Å². The lowest BCUT2D eigenvalue weighted by Crippen LogP contribution is -2.33. The number of fused-ring (bicyclic) bond motifs is 1. The molecule has 0 aliphatic carbocycles. The fraction of sp³-hybridized carbons (Fsp3) is 0.556. The van der Waals surface area contributed by atoms with E-state index in [1.807, 2.05) is 4.57 Å². The molecule has 0 saturated heterocycles. The van der Waals surface area contributed by atoms with E-state index in [-0.39, 0.29) is 0 Å². The van der Waals surface area contributed by atoms with Crippen LogP contribution in [0.15, 0.2) is 6.20 Å². The summed E-state index contributed by atoms with van der Waals surface area (Å²) in [6.45, 7) is 1.85. The molecule has 0 spiro atoms. The molecule has 1 atom stereocenters. The minimum atomic E-state index is -0.988. The first kappa shape index (κ1) is 10.1. The molecule has 2 rings (SSSR count). The van der Waals surface area contributed by atoms with Crippen LogP contribution in [0.2, 0.25) is 0 Å². The summed E-state index contributed by atoms with van der Waals surface area (Å²) in [4.78, 5) is 14.8. The van der Waals surface area contributed by atoms with E-state index in [0.717, 1.165) is 18.1 Å². The van der Waals surface area contributed by atoms with E-state index in [0.29, 0.717) is 19.6 Å². The van der Waals surface area contributed by atoms with Crippen LogP contribution in [-0.4, -0.2) is 33.3 Å². The first-order valence-corrected chi connectivity index (χ1v) is 4.78. The van der Waals surface area contributed by atoms with Gasteiger partial charge >= 0.3 is 5.97 Å². The van der Waals surface area contributed by atoms with Crippen molar-refractivity contribution < 1.29 is 14.6 Å². The third kappa shape index (κ3) is 2.00. The maximum absolute atomic E-state index is 10.6. The number of hydrogen-bond donors (Lipinski definition) is 2. The number of rotatable bonds is 3. The molecule has 1 aromatic rings. The molecular weight excluding hydrogens is 198 g/mol. The summed E-state index contributed by atoms with van der Waals surface area (Å²) in [5.74, 6) is -0.147. The lowest BCUT2D eigenvalue weighted by Gasteiger charge is -2.17. The number of imidazole rings is 1. The Morgan fingerprint density at radius 3 is 3.33 bits per heavy atom. The highest BCUT2D eigenvalue weighted by Gasteiger charge is 2.19. The predicted octanol–water partition coefficient (Wildman–Crippen LogP) is -0.632. The second kappa shape index (κ2) is 4.00. The highest BCUT2D eigenvalue weighted by atomic mass is 16.5. The minimum absolute atomic E-state index is 0.308. The third-order valence-electron chi connectivity index (χ3n) is 2.46. The van der Waals surface area contributed by atoms with Gasteiger partial charge in [-0.1, -0.05) is 0 Å². The zero-order valence-corrected chi connectivity index (χ0v) is 8.22. The van der Waals surface area contributed by atoms with Crippen LogP contribution in [0, 0.1) is 0 Å². The second-order valence-electron chi connectivity index (χ2n) is 3.52. The van der Waals surface area contributed by atoms with E-state index in [2.05, 4.69) is 4.98 Å². The van der Waals surface area contributed by atoms with Gasteiger partial charge in [-0.05, 0) is 0 Å². The van der Waals surface area contributed by atoms with Crippen molar-refractivity contribution in [3.63, 3.8) is 0 Å². The third-order valence-corrected chi connectivity index (χ3v) is 2.46. The molecular formula is C9H13N3O3. The summed E-state index contributed by atoms with van der Waals surface area (Å²) in [5, 5.41) is 8.71. The zero-order chi connectivity index (χ0) is 10.8. The molecule has 2 heterocycles. The molecule has 6 nitrogen and oxygen atoms in total. The Morgan fingerprint density at radius 2 is 2.60 bits per heavy atom. The maximum atomic E-state index is 10.6. The molecule has 1 aliphatic heterocycles. The number of carboxylic acid groups (broad SMARTS) is 1. The molecule has 82 valence electrons. The van der Waals surface area contributed by atoms with E-state index < -0.39 is 12.0 Å². The summed E-state index contributed by atoms with van der Waals surface area (Å²) in [5.41, 5.74) is 6.33. The van der Waals surface area contributed by atoms with Gasteiger partial charge in [-0.2, -0.15) is 0 Å². The predicted molar refractivity (Wildman–Crippen MR) is 51.2 cm³/mol. The van der Waals surface area contributed by atoms with Gasteiger partial charge in [0.05, 0.1) is 6.61 Å². The lowest BCUT2D eigenvalue weighted by atomic mass is 10.2. The van der Waals surface area contributed by atoms with Crippen molar-refractivity contribution >= 4 is 5.97 Å². The van der Waals surface area contributed by atoms with Crippen LogP contribution in [0.4, 0.5) is 0 Å². The fourth-order valence-electron chi connectivity index (χ4n) is 1.64. The molecule has 15 heavy (non-hydrogen) atoms. The highest BCUT2D eigenvalue weighted by Crippen LogP contribution is 2.12. The summed E-state index contributed by atoms with van der Waals surface area (Å²) in [6.07, 6.45) is 1.98. The van der Waals surface area contributed by atoms with E-state index in [9.17, 15) is 4.79 Å². The summed E-state index contributed by atoms with van der Waals surface area (Å²) >= 11 is 0. The zero-order valence-electron chi connectivity index (χ0n) is 8.22. The average Bonchev–Trinajstić information content (AvgIpc) is 2.62. The fourth-order valence-corrected chi connectivity index (χ4v) is 1.64. The van der Waals surface area contributed by atoms with Gasteiger partial charge in [0, 0.05) is 24.9 Å². The molecule has 1 aliphatic rings.